The van der Waals surface area contributed by atoms with Gasteiger partial charge in [-0.25, -0.2) is 15.0 Å². The van der Waals surface area contributed by atoms with E-state index in [9.17, 15) is 4.79 Å². The predicted octanol–water partition coefficient (Wildman–Crippen LogP) is 1.55. The van der Waals surface area contributed by atoms with Gasteiger partial charge in [-0.1, -0.05) is 6.07 Å². The molecule has 3 rings (SSSR count). The molecule has 2 aromatic rings. The summed E-state index contributed by atoms with van der Waals surface area (Å²) in [4.78, 5) is 26.7. The smallest absolute Gasteiger partial charge is 0.231 e. The molecule has 1 aliphatic heterocycles. The molecule has 0 bridgehead atoms. The molecular weight excluding hydrogens is 292 g/mol. The molecule has 0 spiro atoms. The Morgan fingerprint density at radius 1 is 1.39 bits per heavy atom. The second-order valence-electron chi connectivity index (χ2n) is 5.69. The van der Waals surface area contributed by atoms with Crippen molar-refractivity contribution >= 4 is 17.5 Å². The molecule has 1 amide bonds. The number of rotatable bonds is 5. The van der Waals surface area contributed by atoms with Crippen LogP contribution in [-0.4, -0.2) is 38.8 Å². The van der Waals surface area contributed by atoms with Crippen molar-refractivity contribution in [2.75, 3.05) is 18.4 Å². The fourth-order valence-corrected chi connectivity index (χ4v) is 2.88. The Labute approximate surface area is 135 Å². The van der Waals surface area contributed by atoms with Crippen LogP contribution in [0.5, 0.6) is 0 Å². The Kier molecular flexibility index (Phi) is 4.47. The summed E-state index contributed by atoms with van der Waals surface area (Å²) in [6.07, 6.45) is 3.67. The third kappa shape index (κ3) is 3.81. The summed E-state index contributed by atoms with van der Waals surface area (Å²) in [6, 6.07) is 7.57. The highest BCUT2D eigenvalue weighted by molar-refractivity contribution is 5.76. The van der Waals surface area contributed by atoms with Gasteiger partial charge in [0.2, 0.25) is 5.91 Å². The van der Waals surface area contributed by atoms with E-state index >= 15 is 0 Å². The van der Waals surface area contributed by atoms with E-state index in [1.165, 1.54) is 0 Å². The number of carbonyl (C=O) groups is 1. The molecule has 120 valence electrons. The fourth-order valence-electron chi connectivity index (χ4n) is 2.88. The van der Waals surface area contributed by atoms with Gasteiger partial charge in [0.05, 0.1) is 12.6 Å². The number of carbonyl (C=O) groups excluding carboxylic acids is 1. The number of hydrogen-bond donors (Lipinski definition) is 2. The molecule has 1 saturated heterocycles. The number of primary amides is 1. The Morgan fingerprint density at radius 3 is 3.00 bits per heavy atom. The number of aryl methyl sites for hydroxylation is 1. The van der Waals surface area contributed by atoms with Crippen LogP contribution < -0.4 is 11.1 Å². The molecule has 1 aliphatic rings. The van der Waals surface area contributed by atoms with Crippen molar-refractivity contribution in [2.45, 2.75) is 25.8 Å². The zero-order valence-corrected chi connectivity index (χ0v) is 13.1. The van der Waals surface area contributed by atoms with E-state index in [1.54, 1.807) is 6.20 Å². The van der Waals surface area contributed by atoms with E-state index in [4.69, 9.17) is 5.73 Å². The SMILES string of the molecule is Cc1cc(Nc2ccccn2)nc([C@H]2CCCN2CC(N)=O)n1. The van der Waals surface area contributed by atoms with Gasteiger partial charge < -0.3 is 11.1 Å². The van der Waals surface area contributed by atoms with Crippen molar-refractivity contribution in [2.24, 2.45) is 5.73 Å². The van der Waals surface area contributed by atoms with Gasteiger partial charge in [0.1, 0.15) is 17.5 Å². The van der Waals surface area contributed by atoms with Gasteiger partial charge in [-0.05, 0) is 38.4 Å². The van der Waals surface area contributed by atoms with E-state index in [1.807, 2.05) is 36.1 Å². The molecule has 0 radical (unpaired) electrons. The number of nitrogens with one attached hydrogen (secondary N) is 1. The van der Waals surface area contributed by atoms with Crippen LogP contribution >= 0.6 is 0 Å². The standard InChI is InChI=1S/C16H20N6O/c1-11-9-15(20-14-6-2-3-7-18-14)21-16(19-11)12-5-4-8-22(12)10-13(17)23/h2-3,6-7,9,12H,4-5,8,10H2,1H3,(H2,17,23)(H,18,19,20,21)/t12-/m1/s1. The highest BCUT2D eigenvalue weighted by atomic mass is 16.1. The summed E-state index contributed by atoms with van der Waals surface area (Å²) in [6.45, 7) is 3.01. The van der Waals surface area contributed by atoms with Crippen LogP contribution in [0.3, 0.4) is 0 Å². The Hall–Kier alpha value is -2.54. The van der Waals surface area contributed by atoms with Gasteiger partial charge in [0.25, 0.3) is 0 Å². The highest BCUT2D eigenvalue weighted by Crippen LogP contribution is 2.30. The van der Waals surface area contributed by atoms with Crippen molar-refractivity contribution in [1.82, 2.24) is 19.9 Å². The second kappa shape index (κ2) is 6.70. The van der Waals surface area contributed by atoms with Gasteiger partial charge in [-0.2, -0.15) is 0 Å². The number of nitrogens with zero attached hydrogens (tertiary/aromatic N) is 4. The summed E-state index contributed by atoms with van der Waals surface area (Å²) < 4.78 is 0. The third-order valence-corrected chi connectivity index (χ3v) is 3.81. The summed E-state index contributed by atoms with van der Waals surface area (Å²) in [5.74, 6) is 1.84. The van der Waals surface area contributed by atoms with E-state index < -0.39 is 0 Å². The van der Waals surface area contributed by atoms with Gasteiger partial charge in [-0.3, -0.25) is 9.69 Å². The van der Waals surface area contributed by atoms with Gasteiger partial charge in [-0.15, -0.1) is 0 Å². The van der Waals surface area contributed by atoms with Crippen LogP contribution in [0.15, 0.2) is 30.5 Å². The maximum Gasteiger partial charge on any atom is 0.231 e. The van der Waals surface area contributed by atoms with E-state index in [-0.39, 0.29) is 18.5 Å². The second-order valence-corrected chi connectivity index (χ2v) is 5.69. The van der Waals surface area contributed by atoms with Gasteiger partial charge in [0, 0.05) is 18.0 Å². The molecule has 7 heteroatoms. The molecule has 1 atom stereocenters. The molecular formula is C16H20N6O. The van der Waals surface area contributed by atoms with Crippen LogP contribution in [0.25, 0.3) is 0 Å². The lowest BCUT2D eigenvalue weighted by atomic mass is 10.2. The summed E-state index contributed by atoms with van der Waals surface area (Å²) >= 11 is 0. The number of aromatic nitrogens is 3. The molecule has 1 fully saturated rings. The first-order chi connectivity index (χ1) is 11.1. The Bertz CT molecular complexity index is 690. The number of likely N-dealkylation sites (tertiary alicyclic amines) is 1. The number of nitrogens with two attached hydrogens (primary N) is 1. The quantitative estimate of drug-likeness (QED) is 0.869. The number of anilines is 2. The molecule has 3 heterocycles. The first-order valence-corrected chi connectivity index (χ1v) is 7.68. The van der Waals surface area contributed by atoms with Crippen molar-refractivity contribution in [3.8, 4) is 0 Å². The lowest BCUT2D eigenvalue weighted by molar-refractivity contribution is -0.119. The highest BCUT2D eigenvalue weighted by Gasteiger charge is 2.29. The lowest BCUT2D eigenvalue weighted by Crippen LogP contribution is -2.34. The van der Waals surface area contributed by atoms with E-state index in [0.717, 1.165) is 36.7 Å². The number of pyridine rings is 1. The molecule has 7 nitrogen and oxygen atoms in total. The maximum atomic E-state index is 11.2. The largest absolute Gasteiger partial charge is 0.369 e. The van der Waals surface area contributed by atoms with Gasteiger partial charge in [0.15, 0.2) is 0 Å². The molecule has 0 unspecified atom stereocenters. The minimum absolute atomic E-state index is 0.0340. The van der Waals surface area contributed by atoms with Gasteiger partial charge >= 0.3 is 0 Å². The van der Waals surface area contributed by atoms with E-state index in [0.29, 0.717) is 5.82 Å². The normalized spacial score (nSPS) is 18.0. The molecule has 0 saturated carbocycles. The average molecular weight is 312 g/mol. The van der Waals surface area contributed by atoms with Crippen LogP contribution in [0, 0.1) is 6.92 Å². The first kappa shape index (κ1) is 15.4. The average Bonchev–Trinajstić information content (AvgIpc) is 2.95. The van der Waals surface area contributed by atoms with Crippen molar-refractivity contribution < 1.29 is 4.79 Å². The fraction of sp³-hybridized carbons (Fsp3) is 0.375. The number of amides is 1. The van der Waals surface area contributed by atoms with E-state index in [2.05, 4.69) is 20.3 Å². The zero-order chi connectivity index (χ0) is 16.2. The zero-order valence-electron chi connectivity index (χ0n) is 13.1. The van der Waals surface area contributed by atoms with Crippen LogP contribution in [0.2, 0.25) is 0 Å². The maximum absolute atomic E-state index is 11.2. The lowest BCUT2D eigenvalue weighted by Gasteiger charge is -2.22. The van der Waals surface area contributed by atoms with Crippen LogP contribution in [0.1, 0.15) is 30.4 Å². The predicted molar refractivity (Wildman–Crippen MR) is 87.0 cm³/mol. The molecule has 3 N–H and O–H groups in total. The number of hydrogen-bond acceptors (Lipinski definition) is 6. The molecule has 0 aromatic carbocycles. The Balaban J connectivity index is 1.84. The van der Waals surface area contributed by atoms with Crippen LogP contribution in [-0.2, 0) is 4.79 Å². The minimum atomic E-state index is -0.323. The van der Waals surface area contributed by atoms with Crippen molar-refractivity contribution in [3.63, 3.8) is 0 Å². The summed E-state index contributed by atoms with van der Waals surface area (Å²) in [5.41, 5.74) is 6.21. The van der Waals surface area contributed by atoms with Crippen LogP contribution in [0.4, 0.5) is 11.6 Å². The first-order valence-electron chi connectivity index (χ1n) is 7.68. The van der Waals surface area contributed by atoms with Crippen molar-refractivity contribution in [3.05, 3.63) is 42.0 Å². The monoisotopic (exact) mass is 312 g/mol. The molecule has 2 aromatic heterocycles. The Morgan fingerprint density at radius 2 is 2.26 bits per heavy atom. The molecule has 0 aliphatic carbocycles. The third-order valence-electron chi connectivity index (χ3n) is 3.81. The minimum Gasteiger partial charge on any atom is -0.369 e. The van der Waals surface area contributed by atoms with Crippen molar-refractivity contribution in [1.29, 1.82) is 0 Å². The summed E-state index contributed by atoms with van der Waals surface area (Å²) in [5, 5.41) is 3.19. The molecule has 23 heavy (non-hydrogen) atoms. The topological polar surface area (TPSA) is 97.0 Å². The summed E-state index contributed by atoms with van der Waals surface area (Å²) in [7, 11) is 0.